The van der Waals surface area contributed by atoms with E-state index in [4.69, 9.17) is 18.0 Å². The van der Waals surface area contributed by atoms with Crippen molar-refractivity contribution >= 4 is 8.80 Å². The zero-order valence-corrected chi connectivity index (χ0v) is 10.2. The first kappa shape index (κ1) is 13.0. The predicted molar refractivity (Wildman–Crippen MR) is 52.9 cm³/mol. The van der Waals surface area contributed by atoms with Crippen LogP contribution < -0.4 is 0 Å². The summed E-state index contributed by atoms with van der Waals surface area (Å²) in [5.74, 6) is -1.42. The highest BCUT2D eigenvalue weighted by atomic mass is 28.4. The first-order valence-corrected chi connectivity index (χ1v) is 6.69. The Morgan fingerprint density at radius 3 is 2.27 bits per heavy atom. The molecule has 7 heteroatoms. The average molecular weight is 238 g/mol. The molecule has 90 valence electrons. The molecule has 1 unspecified atom stereocenters. The fourth-order valence-corrected chi connectivity index (χ4v) is 3.99. The lowest BCUT2D eigenvalue weighted by molar-refractivity contribution is -0.310. The Hall–Kier alpha value is -0.0231. The quantitative estimate of drug-likeness (QED) is 0.516. The van der Waals surface area contributed by atoms with Crippen molar-refractivity contribution in [2.24, 2.45) is 0 Å². The molecule has 0 aliphatic carbocycles. The SMILES string of the molecule is COC1(C(O)O)CCC[Si](OC)(OC)O1. The summed E-state index contributed by atoms with van der Waals surface area (Å²) in [6.07, 6.45) is -0.595. The molecule has 0 amide bonds. The number of aliphatic hydroxyl groups is 2. The molecule has 0 aromatic carbocycles. The summed E-state index contributed by atoms with van der Waals surface area (Å²) in [4.78, 5) is 0. The van der Waals surface area contributed by atoms with Crippen LogP contribution in [0.2, 0.25) is 6.04 Å². The van der Waals surface area contributed by atoms with Gasteiger partial charge in [-0.2, -0.15) is 0 Å². The molecule has 1 rings (SSSR count). The first-order chi connectivity index (χ1) is 7.04. The van der Waals surface area contributed by atoms with Crippen molar-refractivity contribution in [3.63, 3.8) is 0 Å². The van der Waals surface area contributed by atoms with E-state index in [0.29, 0.717) is 18.9 Å². The van der Waals surface area contributed by atoms with Gasteiger partial charge in [0.25, 0.3) is 0 Å². The molecule has 1 fully saturated rings. The monoisotopic (exact) mass is 238 g/mol. The molecular weight excluding hydrogens is 220 g/mol. The molecule has 0 radical (unpaired) electrons. The maximum atomic E-state index is 9.27. The lowest BCUT2D eigenvalue weighted by atomic mass is 10.1. The number of ether oxygens (including phenoxy) is 1. The van der Waals surface area contributed by atoms with Crippen LogP contribution in [0.4, 0.5) is 0 Å². The number of hydrogen-bond acceptors (Lipinski definition) is 6. The Kier molecular flexibility index (Phi) is 4.24. The molecular formula is C8H18O6Si. The van der Waals surface area contributed by atoms with Crippen molar-refractivity contribution in [2.45, 2.75) is 31.0 Å². The second-order valence-corrected chi connectivity index (χ2v) is 6.32. The van der Waals surface area contributed by atoms with Gasteiger partial charge in [0.2, 0.25) is 12.1 Å². The normalized spacial score (nSPS) is 30.8. The minimum absolute atomic E-state index is 0.405. The van der Waals surface area contributed by atoms with Crippen LogP contribution in [0.3, 0.4) is 0 Å². The van der Waals surface area contributed by atoms with Crippen molar-refractivity contribution in [3.8, 4) is 0 Å². The van der Waals surface area contributed by atoms with E-state index in [9.17, 15) is 10.2 Å². The van der Waals surface area contributed by atoms with Gasteiger partial charge in [-0.25, -0.2) is 0 Å². The molecule has 6 nitrogen and oxygen atoms in total. The molecule has 0 spiro atoms. The third-order valence-electron chi connectivity index (χ3n) is 2.70. The van der Waals surface area contributed by atoms with Gasteiger partial charge >= 0.3 is 8.80 Å². The van der Waals surface area contributed by atoms with Gasteiger partial charge in [0.1, 0.15) is 0 Å². The maximum absolute atomic E-state index is 9.27. The van der Waals surface area contributed by atoms with Gasteiger partial charge in [-0.1, -0.05) is 0 Å². The lowest BCUT2D eigenvalue weighted by Crippen LogP contribution is -2.60. The molecule has 0 aromatic rings. The summed E-state index contributed by atoms with van der Waals surface area (Å²) >= 11 is 0. The average Bonchev–Trinajstić information content (AvgIpc) is 2.28. The fourth-order valence-electron chi connectivity index (χ4n) is 1.72. The molecule has 0 saturated carbocycles. The van der Waals surface area contributed by atoms with Crippen molar-refractivity contribution in [1.29, 1.82) is 0 Å². The second kappa shape index (κ2) is 4.87. The molecule has 1 atom stereocenters. The summed E-state index contributed by atoms with van der Waals surface area (Å²) < 4.78 is 21.0. The van der Waals surface area contributed by atoms with E-state index in [1.54, 1.807) is 0 Å². The molecule has 2 N–H and O–H groups in total. The zero-order valence-electron chi connectivity index (χ0n) is 9.23. The van der Waals surface area contributed by atoms with E-state index in [2.05, 4.69) is 0 Å². The molecule has 1 saturated heterocycles. The van der Waals surface area contributed by atoms with Gasteiger partial charge in [0.15, 0.2) is 0 Å². The van der Waals surface area contributed by atoms with Gasteiger partial charge in [0.05, 0.1) is 0 Å². The molecule has 1 heterocycles. The van der Waals surface area contributed by atoms with Gasteiger partial charge in [-0.05, 0) is 6.42 Å². The largest absolute Gasteiger partial charge is 0.502 e. The molecule has 1 aliphatic heterocycles. The van der Waals surface area contributed by atoms with Crippen LogP contribution in [-0.2, 0) is 18.0 Å². The van der Waals surface area contributed by atoms with E-state index < -0.39 is 20.9 Å². The van der Waals surface area contributed by atoms with E-state index in [0.717, 1.165) is 0 Å². The van der Waals surface area contributed by atoms with Gasteiger partial charge in [-0.3, -0.25) is 0 Å². The van der Waals surface area contributed by atoms with Gasteiger partial charge in [-0.15, -0.1) is 0 Å². The Balaban J connectivity index is 2.85. The highest BCUT2D eigenvalue weighted by Gasteiger charge is 2.54. The first-order valence-electron chi connectivity index (χ1n) is 4.76. The Morgan fingerprint density at radius 1 is 1.27 bits per heavy atom. The number of methoxy groups -OCH3 is 1. The highest BCUT2D eigenvalue weighted by Crippen LogP contribution is 2.36. The minimum Gasteiger partial charge on any atom is -0.377 e. The Labute approximate surface area is 90.1 Å². The molecule has 1 aliphatic rings. The van der Waals surface area contributed by atoms with E-state index in [1.807, 2.05) is 0 Å². The van der Waals surface area contributed by atoms with Crippen molar-refractivity contribution in [2.75, 3.05) is 21.3 Å². The van der Waals surface area contributed by atoms with Crippen LogP contribution in [0.25, 0.3) is 0 Å². The van der Waals surface area contributed by atoms with Crippen molar-refractivity contribution in [3.05, 3.63) is 0 Å². The van der Waals surface area contributed by atoms with Crippen LogP contribution in [0, 0.1) is 0 Å². The van der Waals surface area contributed by atoms with Crippen LogP contribution in [0.1, 0.15) is 12.8 Å². The van der Waals surface area contributed by atoms with Crippen LogP contribution in [0.5, 0.6) is 0 Å². The van der Waals surface area contributed by atoms with E-state index in [1.165, 1.54) is 21.3 Å². The molecule has 0 aromatic heterocycles. The summed E-state index contributed by atoms with van der Waals surface area (Å²) in [5, 5.41) is 18.5. The van der Waals surface area contributed by atoms with Crippen molar-refractivity contribution in [1.82, 2.24) is 0 Å². The predicted octanol–water partition coefficient (Wildman–Crippen LogP) is -0.318. The van der Waals surface area contributed by atoms with Gasteiger partial charge in [0, 0.05) is 33.8 Å². The van der Waals surface area contributed by atoms with E-state index in [-0.39, 0.29) is 0 Å². The molecule has 15 heavy (non-hydrogen) atoms. The van der Waals surface area contributed by atoms with Crippen LogP contribution in [-0.4, -0.2) is 52.4 Å². The number of aliphatic hydroxyl groups excluding tert-OH is 1. The Morgan fingerprint density at radius 2 is 1.87 bits per heavy atom. The third-order valence-corrected chi connectivity index (χ3v) is 5.56. The summed E-state index contributed by atoms with van der Waals surface area (Å²) in [6, 6.07) is 0.651. The van der Waals surface area contributed by atoms with Crippen molar-refractivity contribution < 1.29 is 28.2 Å². The highest BCUT2D eigenvalue weighted by molar-refractivity contribution is 6.60. The summed E-state index contributed by atoms with van der Waals surface area (Å²) in [6.45, 7) is 0. The lowest BCUT2D eigenvalue weighted by Gasteiger charge is -2.43. The molecule has 0 bridgehead atoms. The zero-order chi connectivity index (χ0) is 11.5. The second-order valence-electron chi connectivity index (χ2n) is 3.44. The van der Waals surface area contributed by atoms with Gasteiger partial charge < -0.3 is 28.2 Å². The topological polar surface area (TPSA) is 77.4 Å². The Bertz CT molecular complexity index is 207. The van der Waals surface area contributed by atoms with Crippen LogP contribution >= 0.6 is 0 Å². The smallest absolute Gasteiger partial charge is 0.377 e. The third kappa shape index (κ3) is 2.39. The minimum atomic E-state index is -2.79. The fraction of sp³-hybridized carbons (Fsp3) is 1.00. The van der Waals surface area contributed by atoms with E-state index >= 15 is 0 Å². The number of rotatable bonds is 4. The maximum Gasteiger partial charge on any atom is 0.502 e. The van der Waals surface area contributed by atoms with Crippen LogP contribution in [0.15, 0.2) is 0 Å². The summed E-state index contributed by atoms with van der Waals surface area (Å²) in [5.41, 5.74) is 0. The number of hydrogen-bond donors (Lipinski definition) is 2. The standard InChI is InChI=1S/C8H18O6Si/c1-11-8(7(9)10)5-4-6-15(12-2,13-3)14-8/h7,9-10H,4-6H2,1-3H3. The summed E-state index contributed by atoms with van der Waals surface area (Å²) in [7, 11) is 1.56.